The van der Waals surface area contributed by atoms with Gasteiger partial charge in [0.25, 0.3) is 0 Å². The van der Waals surface area contributed by atoms with Gasteiger partial charge in [-0.05, 0) is 165 Å². The van der Waals surface area contributed by atoms with Crippen molar-refractivity contribution in [1.82, 2.24) is 0 Å². The second kappa shape index (κ2) is 55.8. The van der Waals surface area contributed by atoms with Crippen LogP contribution in [0.4, 0.5) is 0 Å². The number of aldehydes is 2. The molecule has 0 aliphatic rings. The standard InChI is InChI=1S/C28H38O4S2.C18H34O4S2.C16H30O4S2.C16H30O2S2/c1-27(2,21-25(29)31-23-11-7-5-8-12-23)15-17-33-19-20-34-18-16-28(3,4)22-26(30)32-24-13-9-6-10-14-24;1-17(2,13-15(19)21-5)7-9-23-11-12-24-10-8-18(3,4)14-16(20)22-6;1-15(2,11-13(17)18)5-7-21-9-10-22-8-6-16(3,4)12-14(19)20;1-15(2,5-9-17)7-11-19-13-14-20-12-8-16(3,4)6-10-18/h5-14H,15-22H2,1-4H3;7-14H2,1-6H3;5-12H2,1-4H3,(H,17,18)(H,19,20);9-10H,5-8,11-14H2,1-4H3. The molecule has 0 saturated carbocycles. The smallest absolute Gasteiger partial charge is 0.311 e. The molecule has 0 atom stereocenters. The van der Waals surface area contributed by atoms with Gasteiger partial charge in [-0.25, -0.2) is 0 Å². The van der Waals surface area contributed by atoms with Crippen LogP contribution in [-0.4, -0.2) is 165 Å². The fraction of sp³-hybridized carbons (Fsp3) is 0.744. The third-order valence-electron chi connectivity index (χ3n) is 16.3. The average molecular weight is 1550 g/mol. The normalized spacial score (nSPS) is 12.1. The van der Waals surface area contributed by atoms with Crippen molar-refractivity contribution in [3.63, 3.8) is 0 Å². The molecule has 0 amide bonds. The van der Waals surface area contributed by atoms with Crippen molar-refractivity contribution in [1.29, 1.82) is 0 Å². The minimum absolute atomic E-state index is 0.00511. The Morgan fingerprint density at radius 2 is 0.490 bits per heavy atom. The Balaban J connectivity index is 0. The van der Waals surface area contributed by atoms with Gasteiger partial charge in [0.15, 0.2) is 0 Å². The van der Waals surface area contributed by atoms with E-state index in [0.29, 0.717) is 50.0 Å². The van der Waals surface area contributed by atoms with Crippen LogP contribution in [0.25, 0.3) is 0 Å². The summed E-state index contributed by atoms with van der Waals surface area (Å²) in [5.41, 5.74) is -0.105. The van der Waals surface area contributed by atoms with E-state index < -0.39 is 11.9 Å². The summed E-state index contributed by atoms with van der Waals surface area (Å²) in [7, 11) is 2.88. The average Bonchev–Trinajstić information content (AvgIpc) is 0.902. The molecular weight excluding hydrogens is 1420 g/mol. The molecule has 0 aliphatic heterocycles. The molecule has 0 aliphatic carbocycles. The number of thioether (sulfide) groups is 8. The molecule has 0 bridgehead atoms. The molecule has 0 spiro atoms. The van der Waals surface area contributed by atoms with Crippen LogP contribution >= 0.6 is 94.1 Å². The van der Waals surface area contributed by atoms with Crippen molar-refractivity contribution in [2.24, 2.45) is 43.3 Å². The van der Waals surface area contributed by atoms with Crippen LogP contribution in [0.3, 0.4) is 0 Å². The molecule has 0 saturated heterocycles. The first kappa shape index (κ1) is 99.5. The Bertz CT molecular complexity index is 2350. The van der Waals surface area contributed by atoms with Crippen molar-refractivity contribution in [2.75, 3.05) is 106 Å². The molecule has 14 nitrogen and oxygen atoms in total. The lowest BCUT2D eigenvalue weighted by Gasteiger charge is -2.23. The molecule has 0 unspecified atom stereocenters. The SMILES string of the molecule is CC(C)(CC=O)CCSCCSCCC(C)(C)CC=O.CC(C)(CCSCCSCCC(C)(C)CC(=O)O)CC(=O)O.CC(C)(CCSCCSCCC(C)(C)CC(=O)Oc1ccccc1)CC(=O)Oc1ccccc1.COC(=O)CC(C)(C)CCSCCSCCC(C)(C)CC(=O)OC. The zero-order valence-electron chi connectivity index (χ0n) is 64.6. The minimum atomic E-state index is -0.727. The monoisotopic (exact) mass is 1550 g/mol. The number of para-hydroxylation sites is 2. The number of methoxy groups -OCH3 is 2. The molecule has 100 heavy (non-hydrogen) atoms. The number of carboxylic acids is 2. The van der Waals surface area contributed by atoms with Crippen molar-refractivity contribution in [3.05, 3.63) is 60.7 Å². The third kappa shape index (κ3) is 63.8. The predicted molar refractivity (Wildman–Crippen MR) is 438 cm³/mol. The van der Waals surface area contributed by atoms with Gasteiger partial charge in [-0.15, -0.1) is 0 Å². The van der Waals surface area contributed by atoms with Gasteiger partial charge in [-0.2, -0.15) is 94.1 Å². The summed E-state index contributed by atoms with van der Waals surface area (Å²) in [5.74, 6) is 16.5. The molecule has 22 heteroatoms. The Hall–Kier alpha value is -2.60. The van der Waals surface area contributed by atoms with Crippen LogP contribution in [-0.2, 0) is 47.8 Å². The molecule has 0 aromatic heterocycles. The molecule has 2 aromatic carbocycles. The van der Waals surface area contributed by atoms with Gasteiger partial charge in [-0.3, -0.25) is 28.8 Å². The van der Waals surface area contributed by atoms with E-state index in [-0.39, 0.29) is 80.0 Å². The van der Waals surface area contributed by atoms with Crippen molar-refractivity contribution in [3.8, 4) is 11.5 Å². The van der Waals surface area contributed by atoms with Gasteiger partial charge < -0.3 is 38.7 Å². The third-order valence-corrected chi connectivity index (χ3v) is 25.2. The van der Waals surface area contributed by atoms with E-state index in [1.54, 1.807) is 24.3 Å². The number of carbonyl (C=O) groups excluding carboxylic acids is 6. The number of aliphatic carboxylic acids is 2. The molecule has 0 fully saturated rings. The lowest BCUT2D eigenvalue weighted by molar-refractivity contribution is -0.143. The quantitative estimate of drug-likeness (QED) is 0.0273. The minimum Gasteiger partial charge on any atom is -0.481 e. The number of rotatable bonds is 54. The van der Waals surface area contributed by atoms with Crippen LogP contribution in [0.1, 0.15) is 214 Å². The number of esters is 4. The number of carboxylic acid groups (broad SMARTS) is 2. The molecule has 0 heterocycles. The van der Waals surface area contributed by atoms with Crippen LogP contribution in [0.2, 0.25) is 0 Å². The first-order chi connectivity index (χ1) is 46.6. The van der Waals surface area contributed by atoms with Gasteiger partial charge >= 0.3 is 35.8 Å². The van der Waals surface area contributed by atoms with Gasteiger partial charge in [0.1, 0.15) is 24.1 Å². The maximum Gasteiger partial charge on any atom is 0.311 e. The Morgan fingerprint density at radius 1 is 0.300 bits per heavy atom. The zero-order valence-corrected chi connectivity index (χ0v) is 71.1. The summed E-state index contributed by atoms with van der Waals surface area (Å²) in [4.78, 5) is 89.6. The van der Waals surface area contributed by atoms with E-state index in [4.69, 9.17) is 29.2 Å². The van der Waals surface area contributed by atoms with Crippen LogP contribution in [0.15, 0.2) is 60.7 Å². The van der Waals surface area contributed by atoms with Crippen molar-refractivity contribution < 1.29 is 67.5 Å². The number of hydrogen-bond donors (Lipinski definition) is 2. The summed E-state index contributed by atoms with van der Waals surface area (Å²) in [6.07, 6.45) is 13.6. The highest BCUT2D eigenvalue weighted by Crippen LogP contribution is 2.34. The highest BCUT2D eigenvalue weighted by Gasteiger charge is 2.28. The fourth-order valence-corrected chi connectivity index (χ4v) is 20.1. The van der Waals surface area contributed by atoms with Gasteiger partial charge in [0, 0.05) is 58.9 Å². The van der Waals surface area contributed by atoms with Crippen LogP contribution in [0, 0.1) is 43.3 Å². The molecule has 0 radical (unpaired) electrons. The van der Waals surface area contributed by atoms with E-state index in [2.05, 4.69) is 83.1 Å². The van der Waals surface area contributed by atoms with Crippen molar-refractivity contribution >= 4 is 142 Å². The van der Waals surface area contributed by atoms with Gasteiger partial charge in [0.2, 0.25) is 0 Å². The molecule has 576 valence electrons. The molecule has 2 aromatic rings. The second-order valence-corrected chi connectivity index (χ2v) is 41.3. The first-order valence-corrected chi connectivity index (χ1v) is 44.5. The maximum absolute atomic E-state index is 12.2. The second-order valence-electron chi connectivity index (χ2n) is 31.5. The number of hydrogen-bond acceptors (Lipinski definition) is 20. The lowest BCUT2D eigenvalue weighted by atomic mass is 9.86. The van der Waals surface area contributed by atoms with Gasteiger partial charge in [0.05, 0.1) is 52.7 Å². The van der Waals surface area contributed by atoms with E-state index in [0.717, 1.165) is 144 Å². The Morgan fingerprint density at radius 3 is 0.680 bits per heavy atom. The van der Waals surface area contributed by atoms with Crippen LogP contribution in [0.5, 0.6) is 11.5 Å². The molecule has 2 N–H and O–H groups in total. The first-order valence-electron chi connectivity index (χ1n) is 35.2. The summed E-state index contributed by atoms with van der Waals surface area (Å²) in [6, 6.07) is 18.5. The lowest BCUT2D eigenvalue weighted by Crippen LogP contribution is -2.21. The summed E-state index contributed by atoms with van der Waals surface area (Å²) < 4.78 is 20.3. The number of ether oxygens (including phenoxy) is 4. The summed E-state index contributed by atoms with van der Waals surface area (Å²) >= 11 is 15.4. The fourth-order valence-electron chi connectivity index (χ4n) is 9.10. The van der Waals surface area contributed by atoms with Gasteiger partial charge in [-0.1, -0.05) is 147 Å². The van der Waals surface area contributed by atoms with Crippen molar-refractivity contribution in [2.45, 2.75) is 214 Å². The molecular formula is C78H132O14S8. The summed E-state index contributed by atoms with van der Waals surface area (Å²) in [5, 5.41) is 17.6. The number of benzene rings is 2. The Kier molecular flexibility index (Phi) is 55.5. The van der Waals surface area contributed by atoms with E-state index >= 15 is 0 Å². The topological polar surface area (TPSA) is 214 Å². The van der Waals surface area contributed by atoms with Crippen LogP contribution < -0.4 is 9.47 Å². The largest absolute Gasteiger partial charge is 0.481 e. The highest BCUT2D eigenvalue weighted by molar-refractivity contribution is 8.04. The number of carbonyl (C=O) groups is 8. The molecule has 2 rings (SSSR count). The highest BCUT2D eigenvalue weighted by atomic mass is 32.2. The zero-order chi connectivity index (χ0) is 76.2. The van der Waals surface area contributed by atoms with E-state index in [9.17, 15) is 38.4 Å². The Labute approximate surface area is 640 Å². The maximum atomic E-state index is 12.2. The van der Waals surface area contributed by atoms with E-state index in [1.807, 2.05) is 158 Å². The summed E-state index contributed by atoms with van der Waals surface area (Å²) in [6.45, 7) is 33.6. The predicted octanol–water partition coefficient (Wildman–Crippen LogP) is 20.4. The van der Waals surface area contributed by atoms with E-state index in [1.165, 1.54) is 25.7 Å².